The number of hydrogen-bond donors (Lipinski definition) is 1. The fourth-order valence-electron chi connectivity index (χ4n) is 6.83. The fourth-order valence-corrected chi connectivity index (χ4v) is 6.83. The lowest BCUT2D eigenvalue weighted by molar-refractivity contribution is -0.134. The highest BCUT2D eigenvalue weighted by Crippen LogP contribution is 2.43. The van der Waals surface area contributed by atoms with Gasteiger partial charge in [0.15, 0.2) is 0 Å². The summed E-state index contributed by atoms with van der Waals surface area (Å²) in [7, 11) is 0. The fraction of sp³-hybridized carbons (Fsp3) is 0.621. The molecule has 1 N–H and O–H groups in total. The van der Waals surface area contributed by atoms with E-state index in [2.05, 4.69) is 62.8 Å². The van der Waals surface area contributed by atoms with Crippen molar-refractivity contribution >= 4 is 11.7 Å². The number of aliphatic hydroxyl groups excluding tert-OH is 1. The zero-order valence-corrected chi connectivity index (χ0v) is 21.6. The molecule has 7 heteroatoms. The van der Waals surface area contributed by atoms with Crippen LogP contribution in [-0.4, -0.2) is 76.1 Å². The maximum atomic E-state index is 14.1. The van der Waals surface area contributed by atoms with E-state index in [0.29, 0.717) is 19.5 Å². The van der Waals surface area contributed by atoms with Crippen molar-refractivity contribution in [2.24, 2.45) is 0 Å². The quantitative estimate of drug-likeness (QED) is 0.665. The van der Waals surface area contributed by atoms with Crippen molar-refractivity contribution in [3.8, 4) is 0 Å². The first-order chi connectivity index (χ1) is 17.5. The van der Waals surface area contributed by atoms with E-state index >= 15 is 0 Å². The third-order valence-electron chi connectivity index (χ3n) is 8.99. The molecule has 1 aromatic carbocycles. The van der Waals surface area contributed by atoms with Gasteiger partial charge in [-0.3, -0.25) is 9.69 Å². The normalized spacial score (nSPS) is 27.4. The molecule has 4 atom stereocenters. The van der Waals surface area contributed by atoms with Crippen LogP contribution in [0.4, 0.5) is 5.82 Å². The van der Waals surface area contributed by atoms with Gasteiger partial charge in [0.1, 0.15) is 12.1 Å². The number of likely N-dealkylation sites (N-methyl/N-ethyl adjacent to an activating group) is 1. The van der Waals surface area contributed by atoms with Crippen LogP contribution >= 0.6 is 0 Å². The average molecular weight is 490 g/mol. The van der Waals surface area contributed by atoms with Gasteiger partial charge in [-0.15, -0.1) is 0 Å². The summed E-state index contributed by atoms with van der Waals surface area (Å²) in [4.78, 5) is 30.0. The second kappa shape index (κ2) is 9.75. The summed E-state index contributed by atoms with van der Waals surface area (Å²) >= 11 is 0. The zero-order chi connectivity index (χ0) is 24.8. The summed E-state index contributed by atoms with van der Waals surface area (Å²) in [6.07, 6.45) is 6.63. The molecule has 2 aromatic rings. The minimum atomic E-state index is -0.500. The number of amides is 1. The van der Waals surface area contributed by atoms with Crippen LogP contribution in [0.5, 0.6) is 0 Å². The van der Waals surface area contributed by atoms with Crippen molar-refractivity contribution < 1.29 is 9.90 Å². The number of benzene rings is 1. The van der Waals surface area contributed by atoms with Crippen molar-refractivity contribution in [3.05, 3.63) is 53.0 Å². The van der Waals surface area contributed by atoms with Crippen LogP contribution in [0.1, 0.15) is 92.2 Å². The Morgan fingerprint density at radius 3 is 2.50 bits per heavy atom. The van der Waals surface area contributed by atoms with Gasteiger partial charge in [0, 0.05) is 37.8 Å². The average Bonchev–Trinajstić information content (AvgIpc) is 3.59. The maximum absolute atomic E-state index is 14.1. The van der Waals surface area contributed by atoms with Crippen LogP contribution in [0.15, 0.2) is 30.6 Å². The summed E-state index contributed by atoms with van der Waals surface area (Å²) in [6.45, 7) is 9.34. The Morgan fingerprint density at radius 1 is 1.06 bits per heavy atom. The number of nitrogens with zero attached hydrogens (tertiary/aromatic N) is 5. The Balaban J connectivity index is 1.21. The third-order valence-corrected chi connectivity index (χ3v) is 8.99. The van der Waals surface area contributed by atoms with Crippen LogP contribution in [0.3, 0.4) is 0 Å². The minimum absolute atomic E-state index is 0.106. The maximum Gasteiger partial charge on any atom is 0.231 e. The first-order valence-corrected chi connectivity index (χ1v) is 14.0. The number of rotatable bonds is 6. The summed E-state index contributed by atoms with van der Waals surface area (Å²) in [5.41, 5.74) is 4.47. The van der Waals surface area contributed by atoms with E-state index in [-0.39, 0.29) is 23.8 Å². The lowest BCUT2D eigenvalue weighted by Gasteiger charge is -2.40. The molecule has 1 aromatic heterocycles. The van der Waals surface area contributed by atoms with Crippen molar-refractivity contribution in [2.75, 3.05) is 44.2 Å². The lowest BCUT2D eigenvalue weighted by Crippen LogP contribution is -2.52. The van der Waals surface area contributed by atoms with Gasteiger partial charge in [-0.05, 0) is 68.2 Å². The summed E-state index contributed by atoms with van der Waals surface area (Å²) < 4.78 is 0. The van der Waals surface area contributed by atoms with E-state index in [1.54, 1.807) is 6.33 Å². The summed E-state index contributed by atoms with van der Waals surface area (Å²) in [5.74, 6) is 2.08. The molecule has 4 aliphatic rings. The number of carbonyl (C=O) groups is 1. The number of aliphatic hydroxyl groups is 1. The molecule has 0 bridgehead atoms. The van der Waals surface area contributed by atoms with Crippen LogP contribution in [0, 0.1) is 0 Å². The van der Waals surface area contributed by atoms with E-state index in [1.165, 1.54) is 30.4 Å². The van der Waals surface area contributed by atoms with Gasteiger partial charge in [-0.25, -0.2) is 9.97 Å². The largest absolute Gasteiger partial charge is 0.387 e. The SMILES string of the molecule is CCN1CCC[C@H]1[C@@H](C(=O)N1CCN(c2ncnc3c2[C@H](C)C[C@H]3O)CC1)c1ccc(C2CC2)cc1. The smallest absolute Gasteiger partial charge is 0.231 e. The van der Waals surface area contributed by atoms with Gasteiger partial charge in [0.05, 0.1) is 17.7 Å². The number of likely N-dealkylation sites (tertiary alicyclic amines) is 1. The van der Waals surface area contributed by atoms with Crippen molar-refractivity contribution in [3.63, 3.8) is 0 Å². The Morgan fingerprint density at radius 2 is 1.81 bits per heavy atom. The van der Waals surface area contributed by atoms with E-state index in [1.807, 2.05) is 0 Å². The molecule has 6 rings (SSSR count). The number of aromatic nitrogens is 2. The topological polar surface area (TPSA) is 72.8 Å². The van der Waals surface area contributed by atoms with Crippen LogP contribution < -0.4 is 4.90 Å². The summed E-state index contributed by atoms with van der Waals surface area (Å²) in [6, 6.07) is 9.27. The molecule has 2 aliphatic heterocycles. The first kappa shape index (κ1) is 23.9. The third kappa shape index (κ3) is 4.30. The monoisotopic (exact) mass is 489 g/mol. The predicted molar refractivity (Wildman–Crippen MR) is 140 cm³/mol. The highest BCUT2D eigenvalue weighted by molar-refractivity contribution is 5.85. The van der Waals surface area contributed by atoms with Crippen molar-refractivity contribution in [2.45, 2.75) is 75.9 Å². The standard InChI is InChI=1S/C29H39N5O2/c1-3-32-12-4-5-23(32)26(22-10-8-21(9-11-22)20-6-7-20)29(36)34-15-13-33(14-16-34)28-25-19(2)17-24(35)27(25)30-18-31-28/h8-11,18-20,23-24,26,35H,3-7,12-17H2,1-2H3/t19-,23+,24-,26+/m1/s1. The highest BCUT2D eigenvalue weighted by Gasteiger charge is 2.40. The number of carbonyl (C=O) groups excluding carboxylic acids is 1. The van der Waals surface area contributed by atoms with Gasteiger partial charge in [-0.1, -0.05) is 38.1 Å². The molecule has 2 saturated heterocycles. The second-order valence-corrected chi connectivity index (χ2v) is 11.2. The molecule has 0 radical (unpaired) electrons. The number of fused-ring (bicyclic) bond motifs is 1. The Hall–Kier alpha value is -2.51. The second-order valence-electron chi connectivity index (χ2n) is 11.2. The van der Waals surface area contributed by atoms with Crippen molar-refractivity contribution in [1.29, 1.82) is 0 Å². The predicted octanol–water partition coefficient (Wildman–Crippen LogP) is 3.81. The molecule has 3 fully saturated rings. The first-order valence-electron chi connectivity index (χ1n) is 14.0. The zero-order valence-electron chi connectivity index (χ0n) is 21.6. The molecule has 0 spiro atoms. The van der Waals surface area contributed by atoms with Crippen LogP contribution in [0.2, 0.25) is 0 Å². The molecule has 1 amide bonds. The molecular weight excluding hydrogens is 450 g/mol. The minimum Gasteiger partial charge on any atom is -0.387 e. The van der Waals surface area contributed by atoms with E-state index in [0.717, 1.165) is 55.6 Å². The molecular formula is C29H39N5O2. The van der Waals surface area contributed by atoms with Gasteiger partial charge >= 0.3 is 0 Å². The Bertz CT molecular complexity index is 1090. The van der Waals surface area contributed by atoms with Gasteiger partial charge < -0.3 is 14.9 Å². The number of anilines is 1. The Labute approximate surface area is 214 Å². The number of piperazine rings is 1. The molecule has 1 saturated carbocycles. The molecule has 0 unspecified atom stereocenters. The van der Waals surface area contributed by atoms with E-state index in [4.69, 9.17) is 0 Å². The van der Waals surface area contributed by atoms with Crippen LogP contribution in [-0.2, 0) is 4.79 Å². The molecule has 192 valence electrons. The molecule has 36 heavy (non-hydrogen) atoms. The van der Waals surface area contributed by atoms with Gasteiger partial charge in [-0.2, -0.15) is 0 Å². The number of hydrogen-bond acceptors (Lipinski definition) is 6. The summed E-state index contributed by atoms with van der Waals surface area (Å²) in [5, 5.41) is 10.4. The highest BCUT2D eigenvalue weighted by atomic mass is 16.3. The molecule has 7 nitrogen and oxygen atoms in total. The van der Waals surface area contributed by atoms with Crippen molar-refractivity contribution in [1.82, 2.24) is 19.8 Å². The van der Waals surface area contributed by atoms with Crippen LogP contribution in [0.25, 0.3) is 0 Å². The Kier molecular flexibility index (Phi) is 6.46. The molecule has 3 heterocycles. The van der Waals surface area contributed by atoms with Gasteiger partial charge in [0.2, 0.25) is 5.91 Å². The van der Waals surface area contributed by atoms with E-state index in [9.17, 15) is 9.90 Å². The van der Waals surface area contributed by atoms with E-state index < -0.39 is 6.10 Å². The van der Waals surface area contributed by atoms with Gasteiger partial charge in [0.25, 0.3) is 0 Å². The lowest BCUT2D eigenvalue weighted by atomic mass is 9.87. The molecule has 2 aliphatic carbocycles.